The Bertz CT molecular complexity index is 597. The number of fused-ring (bicyclic) bond motifs is 1. The maximum absolute atomic E-state index is 10.5. The predicted molar refractivity (Wildman–Crippen MR) is 59.4 cm³/mol. The van der Waals surface area contributed by atoms with Gasteiger partial charge in [0.2, 0.25) is 0 Å². The summed E-state index contributed by atoms with van der Waals surface area (Å²) in [5.74, 6) is -0.303. The number of thiazole rings is 1. The Morgan fingerprint density at radius 2 is 2.31 bits per heavy atom. The lowest BCUT2D eigenvalue weighted by molar-refractivity contribution is -0.506. The van der Waals surface area contributed by atoms with Crippen molar-refractivity contribution in [1.82, 2.24) is 4.57 Å². The maximum Gasteiger partial charge on any atom is 0.345 e. The van der Waals surface area contributed by atoms with E-state index in [0.717, 1.165) is 10.7 Å². The summed E-state index contributed by atoms with van der Waals surface area (Å²) in [5, 5.41) is 1.97. The summed E-state index contributed by atoms with van der Waals surface area (Å²) in [6.45, 7) is 2.52. The first kappa shape index (κ1) is 11.6. The summed E-state index contributed by atoms with van der Waals surface area (Å²) in [6.07, 6.45) is 4.29. The molecule has 0 aliphatic heterocycles. The van der Waals surface area contributed by atoms with Gasteiger partial charge in [0.25, 0.3) is 0 Å². The van der Waals surface area contributed by atoms with Gasteiger partial charge in [-0.3, -0.25) is 0 Å². The van der Waals surface area contributed by atoms with E-state index in [1.54, 1.807) is 11.3 Å². The lowest BCUT2D eigenvalue weighted by atomic mass is 10.4. The van der Waals surface area contributed by atoms with Gasteiger partial charge in [0.1, 0.15) is 18.1 Å². The molecule has 0 aliphatic rings. The second-order valence-corrected chi connectivity index (χ2v) is 6.03. The monoisotopic (exact) mass is 260 g/mol. The van der Waals surface area contributed by atoms with Gasteiger partial charge in [0.05, 0.1) is 16.7 Å². The number of nitrogens with zero attached hydrogens (tertiary/aromatic N) is 2. The van der Waals surface area contributed by atoms with Gasteiger partial charge >= 0.3 is 4.96 Å². The minimum Gasteiger partial charge on any atom is -0.748 e. The zero-order valence-corrected chi connectivity index (χ0v) is 10.4. The SMILES string of the molecule is Cc1c[n+]2ccsc2n1CCCS(=O)(=O)[O-]. The normalized spacial score (nSPS) is 12.4. The van der Waals surface area contributed by atoms with E-state index in [0.29, 0.717) is 13.0 Å². The van der Waals surface area contributed by atoms with Crippen LogP contribution < -0.4 is 4.40 Å². The van der Waals surface area contributed by atoms with E-state index in [1.807, 2.05) is 33.7 Å². The van der Waals surface area contributed by atoms with Crippen molar-refractivity contribution in [2.75, 3.05) is 5.75 Å². The smallest absolute Gasteiger partial charge is 0.345 e. The van der Waals surface area contributed by atoms with Crippen LogP contribution in [0.3, 0.4) is 0 Å². The molecule has 0 saturated carbocycles. The standard InChI is InChI=1S/C9H12N2O3S2/c1-8-7-10-4-5-15-9(10)11(8)3-2-6-16(12,13)14/h4-5,7H,2-3,6H2,1H3. The molecule has 0 saturated heterocycles. The first-order valence-electron chi connectivity index (χ1n) is 4.85. The average molecular weight is 260 g/mol. The molecule has 0 fully saturated rings. The number of hydrogen-bond donors (Lipinski definition) is 0. The number of aromatic nitrogens is 2. The quantitative estimate of drug-likeness (QED) is 0.595. The molecule has 0 aromatic carbocycles. The third kappa shape index (κ3) is 2.42. The van der Waals surface area contributed by atoms with Crippen LogP contribution >= 0.6 is 11.3 Å². The minimum atomic E-state index is -4.10. The molecular formula is C9H12N2O3S2. The summed E-state index contributed by atoms with van der Waals surface area (Å²) in [7, 11) is -4.10. The van der Waals surface area contributed by atoms with Gasteiger partial charge in [-0.05, 0) is 6.42 Å². The summed E-state index contributed by atoms with van der Waals surface area (Å²) >= 11 is 1.59. The van der Waals surface area contributed by atoms with Crippen molar-refractivity contribution in [1.29, 1.82) is 0 Å². The number of imidazole rings is 1. The second-order valence-electron chi connectivity index (χ2n) is 3.63. The van der Waals surface area contributed by atoms with Crippen LogP contribution in [0.2, 0.25) is 0 Å². The molecule has 0 bridgehead atoms. The molecule has 0 aliphatic carbocycles. The van der Waals surface area contributed by atoms with Crippen LogP contribution in [0.15, 0.2) is 17.8 Å². The Labute approximate surface area is 97.7 Å². The molecule has 0 spiro atoms. The van der Waals surface area contributed by atoms with Crippen molar-refractivity contribution < 1.29 is 17.4 Å². The lowest BCUT2D eigenvalue weighted by Gasteiger charge is -2.04. The minimum absolute atomic E-state index is 0.303. The molecule has 2 heterocycles. The molecule has 0 N–H and O–H groups in total. The van der Waals surface area contributed by atoms with Crippen molar-refractivity contribution >= 4 is 26.4 Å². The Morgan fingerprint density at radius 3 is 3.00 bits per heavy atom. The summed E-state index contributed by atoms with van der Waals surface area (Å²) in [5.41, 5.74) is 1.06. The molecule has 2 rings (SSSR count). The highest BCUT2D eigenvalue weighted by atomic mass is 32.2. The molecule has 2 aromatic rings. The molecule has 0 radical (unpaired) electrons. The van der Waals surface area contributed by atoms with E-state index >= 15 is 0 Å². The number of rotatable bonds is 4. The van der Waals surface area contributed by atoms with Crippen molar-refractivity contribution in [3.05, 3.63) is 23.5 Å². The van der Waals surface area contributed by atoms with Crippen molar-refractivity contribution in [2.24, 2.45) is 0 Å². The van der Waals surface area contributed by atoms with Crippen LogP contribution in [0.25, 0.3) is 4.96 Å². The Balaban J connectivity index is 2.14. The van der Waals surface area contributed by atoms with Crippen LogP contribution in [0.4, 0.5) is 0 Å². The summed E-state index contributed by atoms with van der Waals surface area (Å²) < 4.78 is 35.5. The van der Waals surface area contributed by atoms with Crippen LogP contribution in [0.1, 0.15) is 12.1 Å². The highest BCUT2D eigenvalue weighted by molar-refractivity contribution is 7.85. The van der Waals surface area contributed by atoms with Crippen molar-refractivity contribution in [3.8, 4) is 0 Å². The average Bonchev–Trinajstić information content (AvgIpc) is 2.67. The molecule has 0 unspecified atom stereocenters. The molecule has 16 heavy (non-hydrogen) atoms. The largest absolute Gasteiger partial charge is 0.748 e. The predicted octanol–water partition coefficient (Wildman–Crippen LogP) is 0.532. The third-order valence-corrected chi connectivity index (χ3v) is 4.06. The Kier molecular flexibility index (Phi) is 3.00. The van der Waals surface area contributed by atoms with E-state index in [2.05, 4.69) is 0 Å². The van der Waals surface area contributed by atoms with Crippen LogP contribution in [0.5, 0.6) is 0 Å². The fourth-order valence-corrected chi connectivity index (χ4v) is 3.07. The molecule has 7 heteroatoms. The lowest BCUT2D eigenvalue weighted by Crippen LogP contribution is -2.14. The van der Waals surface area contributed by atoms with Gasteiger partial charge in [-0.1, -0.05) is 11.3 Å². The van der Waals surface area contributed by atoms with Crippen molar-refractivity contribution in [2.45, 2.75) is 19.9 Å². The van der Waals surface area contributed by atoms with Gasteiger partial charge in [0.15, 0.2) is 0 Å². The van der Waals surface area contributed by atoms with Crippen LogP contribution in [0, 0.1) is 6.92 Å². The van der Waals surface area contributed by atoms with Crippen LogP contribution in [-0.4, -0.2) is 23.3 Å². The summed E-state index contributed by atoms with van der Waals surface area (Å²) in [6, 6.07) is 0. The number of hydrogen-bond acceptors (Lipinski definition) is 4. The highest BCUT2D eigenvalue weighted by Crippen LogP contribution is 2.11. The Hall–Kier alpha value is -0.920. The fraction of sp³-hybridized carbons (Fsp3) is 0.444. The summed E-state index contributed by atoms with van der Waals surface area (Å²) in [4.78, 5) is 1.06. The zero-order valence-electron chi connectivity index (χ0n) is 8.79. The van der Waals surface area contributed by atoms with E-state index < -0.39 is 10.1 Å². The topological polar surface area (TPSA) is 66.2 Å². The van der Waals surface area contributed by atoms with Gasteiger partial charge < -0.3 is 4.55 Å². The zero-order chi connectivity index (χ0) is 11.8. The molecular weight excluding hydrogens is 248 g/mol. The maximum atomic E-state index is 10.5. The molecule has 2 aromatic heterocycles. The molecule has 5 nitrogen and oxygen atoms in total. The van der Waals surface area contributed by atoms with Gasteiger partial charge in [0, 0.05) is 18.1 Å². The third-order valence-electron chi connectivity index (χ3n) is 2.37. The van der Waals surface area contributed by atoms with E-state index in [9.17, 15) is 13.0 Å². The molecule has 88 valence electrons. The van der Waals surface area contributed by atoms with Gasteiger partial charge in [-0.15, -0.1) is 0 Å². The van der Waals surface area contributed by atoms with Gasteiger partial charge in [-0.25, -0.2) is 13.0 Å². The fourth-order valence-electron chi connectivity index (χ4n) is 1.68. The van der Waals surface area contributed by atoms with E-state index in [-0.39, 0.29) is 5.75 Å². The van der Waals surface area contributed by atoms with E-state index in [4.69, 9.17) is 0 Å². The molecule has 0 atom stereocenters. The molecule has 0 amide bonds. The highest BCUT2D eigenvalue weighted by Gasteiger charge is 2.15. The second kappa shape index (κ2) is 4.15. The first-order valence-corrected chi connectivity index (χ1v) is 7.31. The first-order chi connectivity index (χ1) is 7.47. The van der Waals surface area contributed by atoms with Crippen molar-refractivity contribution in [3.63, 3.8) is 0 Å². The Morgan fingerprint density at radius 1 is 1.56 bits per heavy atom. The van der Waals surface area contributed by atoms with Gasteiger partial charge in [-0.2, -0.15) is 4.40 Å². The number of aryl methyl sites for hydroxylation is 2. The van der Waals surface area contributed by atoms with E-state index in [1.165, 1.54) is 0 Å². The van der Waals surface area contributed by atoms with Crippen LogP contribution in [-0.2, 0) is 16.7 Å².